The molecule has 0 aromatic heterocycles. The third-order valence-electron chi connectivity index (χ3n) is 8.41. The Labute approximate surface area is 182 Å². The Kier molecular flexibility index (Phi) is 4.65. The number of phenols is 2. The van der Waals surface area contributed by atoms with E-state index in [1.807, 2.05) is 11.9 Å². The van der Waals surface area contributed by atoms with Crippen molar-refractivity contribution in [3.05, 3.63) is 23.8 Å². The minimum atomic E-state index is -0.321. The topological polar surface area (TPSA) is 99.6 Å². The molecule has 1 spiro atoms. The van der Waals surface area contributed by atoms with Crippen LogP contribution in [-0.2, 0) is 14.3 Å². The van der Waals surface area contributed by atoms with Crippen LogP contribution in [0.15, 0.2) is 18.2 Å². The van der Waals surface area contributed by atoms with Crippen molar-refractivity contribution in [2.45, 2.75) is 57.3 Å². The number of hydrogen-bond donors (Lipinski definition) is 2. The molecule has 2 heterocycles. The van der Waals surface area contributed by atoms with Crippen molar-refractivity contribution in [3.8, 4) is 11.5 Å². The summed E-state index contributed by atoms with van der Waals surface area (Å²) in [5.74, 6) is -0.734. The van der Waals surface area contributed by atoms with E-state index < -0.39 is 0 Å². The van der Waals surface area contributed by atoms with Crippen LogP contribution >= 0.6 is 0 Å². The predicted octanol–water partition coefficient (Wildman–Crippen LogP) is 2.74. The zero-order valence-corrected chi connectivity index (χ0v) is 18.3. The van der Waals surface area contributed by atoms with Crippen LogP contribution < -0.4 is 0 Å². The second-order valence-electron chi connectivity index (χ2n) is 10.4. The zero-order chi connectivity index (χ0) is 22.1. The summed E-state index contributed by atoms with van der Waals surface area (Å²) in [5.41, 5.74) is 0.258. The normalized spacial score (nSPS) is 40.6. The molecular formula is C24H31NO6. The quantitative estimate of drug-likeness (QED) is 0.321. The molecule has 31 heavy (non-hydrogen) atoms. The van der Waals surface area contributed by atoms with E-state index in [-0.39, 0.29) is 64.9 Å². The van der Waals surface area contributed by atoms with Crippen LogP contribution in [0.25, 0.3) is 0 Å². The van der Waals surface area contributed by atoms with Gasteiger partial charge in [-0.15, -0.1) is 0 Å². The first-order chi connectivity index (χ1) is 14.7. The van der Waals surface area contributed by atoms with Crippen LogP contribution in [0.1, 0.15) is 49.9 Å². The summed E-state index contributed by atoms with van der Waals surface area (Å²) in [6, 6.07) is 4.05. The van der Waals surface area contributed by atoms with Gasteiger partial charge >= 0.3 is 5.97 Å². The van der Waals surface area contributed by atoms with Gasteiger partial charge < -0.3 is 19.7 Å². The summed E-state index contributed by atoms with van der Waals surface area (Å²) >= 11 is 0. The van der Waals surface area contributed by atoms with Gasteiger partial charge in [-0.1, -0.05) is 20.3 Å². The van der Waals surface area contributed by atoms with Crippen LogP contribution in [0.2, 0.25) is 0 Å². The van der Waals surface area contributed by atoms with Crippen LogP contribution in [0.4, 0.5) is 0 Å². The van der Waals surface area contributed by atoms with Crippen LogP contribution in [-0.4, -0.2) is 64.8 Å². The van der Waals surface area contributed by atoms with Crippen molar-refractivity contribution in [2.24, 2.45) is 23.2 Å². The minimum Gasteiger partial charge on any atom is -0.504 e. The first kappa shape index (κ1) is 20.8. The molecular weight excluding hydrogens is 398 g/mol. The molecule has 2 saturated heterocycles. The minimum absolute atomic E-state index is 0.0383. The van der Waals surface area contributed by atoms with E-state index in [0.29, 0.717) is 18.0 Å². The smallest absolute Gasteiger partial charge is 0.311 e. The van der Waals surface area contributed by atoms with Crippen LogP contribution in [0, 0.1) is 23.2 Å². The maximum Gasteiger partial charge on any atom is 0.311 e. The molecule has 2 aliphatic heterocycles. The fourth-order valence-corrected chi connectivity index (χ4v) is 6.88. The van der Waals surface area contributed by atoms with Gasteiger partial charge in [-0.2, -0.15) is 0 Å². The molecule has 7 atom stereocenters. The van der Waals surface area contributed by atoms with E-state index in [9.17, 15) is 19.8 Å². The number of fused-ring (bicyclic) bond motifs is 2. The van der Waals surface area contributed by atoms with E-state index in [4.69, 9.17) is 9.47 Å². The third kappa shape index (κ3) is 3.00. The second kappa shape index (κ2) is 6.94. The van der Waals surface area contributed by atoms with Crippen molar-refractivity contribution in [1.29, 1.82) is 0 Å². The molecule has 2 aliphatic carbocycles. The lowest BCUT2D eigenvalue weighted by Gasteiger charge is -2.49. The molecule has 0 amide bonds. The van der Waals surface area contributed by atoms with Gasteiger partial charge in [0.15, 0.2) is 17.3 Å². The largest absolute Gasteiger partial charge is 0.504 e. The summed E-state index contributed by atoms with van der Waals surface area (Å²) in [5, 5.41) is 19.1. The van der Waals surface area contributed by atoms with Gasteiger partial charge in [-0.25, -0.2) is 0 Å². The zero-order valence-electron chi connectivity index (χ0n) is 18.3. The first-order valence-corrected chi connectivity index (χ1v) is 11.3. The molecule has 0 radical (unpaired) electrons. The lowest BCUT2D eigenvalue weighted by Crippen LogP contribution is -2.54. The van der Waals surface area contributed by atoms with Crippen LogP contribution in [0.5, 0.6) is 11.5 Å². The molecule has 7 heteroatoms. The second-order valence-corrected chi connectivity index (χ2v) is 10.4. The fraction of sp³-hybridized carbons (Fsp3) is 0.667. The van der Waals surface area contributed by atoms with Gasteiger partial charge in [0.05, 0.1) is 18.6 Å². The number of rotatable bonds is 5. The summed E-state index contributed by atoms with van der Waals surface area (Å²) < 4.78 is 12.3. The molecule has 2 N–H and O–H groups in total. The number of likely N-dealkylation sites (N-methyl/N-ethyl adjacent to an activating group) is 1. The van der Waals surface area contributed by atoms with Crippen molar-refractivity contribution < 1.29 is 29.3 Å². The average Bonchev–Trinajstić information content (AvgIpc) is 3.39. The fourth-order valence-electron chi connectivity index (χ4n) is 6.88. The molecule has 0 bridgehead atoms. The van der Waals surface area contributed by atoms with E-state index in [2.05, 4.69) is 13.8 Å². The number of Topliss-reactive ketones (excluding diaryl/α,β-unsaturated/α-hetero) is 1. The Bertz CT molecular complexity index is 933. The number of epoxide rings is 1. The summed E-state index contributed by atoms with van der Waals surface area (Å²) in [6.07, 6.45) is 4.29. The van der Waals surface area contributed by atoms with Gasteiger partial charge in [0, 0.05) is 23.4 Å². The maximum absolute atomic E-state index is 12.8. The van der Waals surface area contributed by atoms with Gasteiger partial charge in [-0.05, 0) is 50.4 Å². The number of esters is 1. The van der Waals surface area contributed by atoms with Gasteiger partial charge in [-0.3, -0.25) is 14.5 Å². The molecule has 7 nitrogen and oxygen atoms in total. The Morgan fingerprint density at radius 1 is 1.29 bits per heavy atom. The number of aromatic hydroxyl groups is 2. The number of ether oxygens (including phenoxy) is 2. The van der Waals surface area contributed by atoms with Crippen molar-refractivity contribution >= 4 is 11.8 Å². The highest BCUT2D eigenvalue weighted by molar-refractivity contribution is 5.98. The lowest BCUT2D eigenvalue weighted by atomic mass is 9.53. The highest BCUT2D eigenvalue weighted by atomic mass is 16.6. The van der Waals surface area contributed by atoms with E-state index in [0.717, 1.165) is 19.3 Å². The SMILES string of the molecule is CC1CCCC2(C)CC3OC(=O)C(CN(C)CC(=O)c4ccc(O)c(O)c4)C3C3OC132. The molecule has 5 rings (SSSR count). The molecule has 4 aliphatic rings. The monoisotopic (exact) mass is 429 g/mol. The number of benzene rings is 1. The first-order valence-electron chi connectivity index (χ1n) is 11.3. The van der Waals surface area contributed by atoms with Crippen molar-refractivity contribution in [3.63, 3.8) is 0 Å². The summed E-state index contributed by atoms with van der Waals surface area (Å²) in [6.45, 7) is 5.12. The third-order valence-corrected chi connectivity index (χ3v) is 8.41. The maximum atomic E-state index is 12.8. The molecule has 1 aromatic carbocycles. The Hall–Kier alpha value is -2.12. The summed E-state index contributed by atoms with van der Waals surface area (Å²) in [4.78, 5) is 27.3. The molecule has 1 aromatic rings. The number of ketones is 1. The molecule has 2 saturated carbocycles. The Morgan fingerprint density at radius 2 is 2.06 bits per heavy atom. The predicted molar refractivity (Wildman–Crippen MR) is 112 cm³/mol. The molecule has 4 fully saturated rings. The van der Waals surface area contributed by atoms with Gasteiger partial charge in [0.25, 0.3) is 0 Å². The van der Waals surface area contributed by atoms with E-state index in [1.54, 1.807) is 0 Å². The standard InChI is InChI=1S/C24H31NO6/c1-13-5-4-8-23(2)10-19-20(21-24(13,23)31-21)15(22(29)30-19)11-25(3)12-18(28)14-6-7-16(26)17(27)9-14/h6-7,9,13,15,19-21,26-27H,4-5,8,10-12H2,1-3H3. The number of carbonyl (C=O) groups excluding carboxylic acids is 2. The van der Waals surface area contributed by atoms with E-state index in [1.165, 1.54) is 24.6 Å². The highest BCUT2D eigenvalue weighted by Crippen LogP contribution is 2.70. The Morgan fingerprint density at radius 3 is 2.81 bits per heavy atom. The lowest BCUT2D eigenvalue weighted by molar-refractivity contribution is -0.146. The number of phenolic OH excluding ortho intramolecular Hbond substituents is 2. The summed E-state index contributed by atoms with van der Waals surface area (Å²) in [7, 11) is 1.82. The van der Waals surface area contributed by atoms with Crippen molar-refractivity contribution in [2.75, 3.05) is 20.1 Å². The van der Waals surface area contributed by atoms with E-state index >= 15 is 0 Å². The molecule has 168 valence electrons. The number of nitrogens with zero attached hydrogens (tertiary/aromatic N) is 1. The average molecular weight is 430 g/mol. The van der Waals surface area contributed by atoms with Gasteiger partial charge in [0.1, 0.15) is 11.7 Å². The van der Waals surface area contributed by atoms with Crippen LogP contribution in [0.3, 0.4) is 0 Å². The van der Waals surface area contributed by atoms with Gasteiger partial charge in [0.2, 0.25) is 0 Å². The van der Waals surface area contributed by atoms with Crippen molar-refractivity contribution in [1.82, 2.24) is 4.90 Å². The highest BCUT2D eigenvalue weighted by Gasteiger charge is 2.78. The number of carbonyl (C=O) groups is 2. The Balaban J connectivity index is 1.29. The number of hydrogen-bond acceptors (Lipinski definition) is 7. The molecule has 7 unspecified atom stereocenters.